The topological polar surface area (TPSA) is 47.4 Å². The fourth-order valence-electron chi connectivity index (χ4n) is 2.95. The molecule has 0 aromatic carbocycles. The number of methoxy groups -OCH3 is 1. The molecule has 112 valence electrons. The van der Waals surface area contributed by atoms with Crippen molar-refractivity contribution in [2.45, 2.75) is 18.9 Å². The second-order valence-corrected chi connectivity index (χ2v) is 6.08. The summed E-state index contributed by atoms with van der Waals surface area (Å²) >= 11 is 1.62. The molecule has 0 bridgehead atoms. The SMILES string of the molecule is COC[C@@H]1c2c(cnn2C)CCN1C(=O)Cc1ccsc1. The van der Waals surface area contributed by atoms with Gasteiger partial charge in [0.2, 0.25) is 5.91 Å². The Morgan fingerprint density at radius 1 is 1.57 bits per heavy atom. The largest absolute Gasteiger partial charge is 0.382 e. The van der Waals surface area contributed by atoms with Crippen molar-refractivity contribution in [3.63, 3.8) is 0 Å². The number of fused-ring (bicyclic) bond motifs is 1. The highest BCUT2D eigenvalue weighted by Crippen LogP contribution is 2.30. The van der Waals surface area contributed by atoms with Gasteiger partial charge in [0.15, 0.2) is 0 Å². The van der Waals surface area contributed by atoms with Crippen LogP contribution in [0, 0.1) is 0 Å². The number of thiophene rings is 1. The lowest BCUT2D eigenvalue weighted by atomic mass is 9.99. The molecule has 6 heteroatoms. The Morgan fingerprint density at radius 3 is 3.14 bits per heavy atom. The summed E-state index contributed by atoms with van der Waals surface area (Å²) in [6.07, 6.45) is 3.22. The van der Waals surface area contributed by atoms with Crippen LogP contribution >= 0.6 is 11.3 Å². The monoisotopic (exact) mass is 305 g/mol. The van der Waals surface area contributed by atoms with E-state index in [-0.39, 0.29) is 11.9 Å². The lowest BCUT2D eigenvalue weighted by Gasteiger charge is -2.35. The molecule has 0 aliphatic carbocycles. The molecule has 1 aliphatic heterocycles. The maximum absolute atomic E-state index is 12.6. The van der Waals surface area contributed by atoms with Crippen LogP contribution in [-0.4, -0.2) is 40.8 Å². The first kappa shape index (κ1) is 14.3. The fraction of sp³-hybridized carbons (Fsp3) is 0.467. The van der Waals surface area contributed by atoms with Gasteiger partial charge in [-0.3, -0.25) is 9.48 Å². The van der Waals surface area contributed by atoms with E-state index in [1.54, 1.807) is 18.4 Å². The molecule has 3 rings (SSSR count). The molecule has 1 atom stereocenters. The number of rotatable bonds is 4. The van der Waals surface area contributed by atoms with Crippen LogP contribution in [0.4, 0.5) is 0 Å². The quantitative estimate of drug-likeness (QED) is 0.865. The molecule has 2 aromatic heterocycles. The molecule has 0 saturated carbocycles. The van der Waals surface area contributed by atoms with Gasteiger partial charge in [-0.25, -0.2) is 0 Å². The van der Waals surface area contributed by atoms with Crippen molar-refractivity contribution in [3.05, 3.63) is 39.8 Å². The van der Waals surface area contributed by atoms with E-state index in [0.29, 0.717) is 13.0 Å². The van der Waals surface area contributed by atoms with Crippen molar-refractivity contribution in [1.82, 2.24) is 14.7 Å². The number of carbonyl (C=O) groups excluding carboxylic acids is 1. The number of aryl methyl sites for hydroxylation is 1. The van der Waals surface area contributed by atoms with Crippen LogP contribution in [0.25, 0.3) is 0 Å². The van der Waals surface area contributed by atoms with E-state index in [9.17, 15) is 4.79 Å². The van der Waals surface area contributed by atoms with E-state index in [0.717, 1.165) is 24.2 Å². The minimum absolute atomic E-state index is 0.0441. The van der Waals surface area contributed by atoms with E-state index >= 15 is 0 Å². The van der Waals surface area contributed by atoms with E-state index in [2.05, 4.69) is 5.10 Å². The Balaban J connectivity index is 1.84. The summed E-state index contributed by atoms with van der Waals surface area (Å²) in [6.45, 7) is 1.23. The number of amides is 1. The average Bonchev–Trinajstić information content (AvgIpc) is 3.10. The third-order valence-corrected chi connectivity index (χ3v) is 4.69. The van der Waals surface area contributed by atoms with Crippen LogP contribution in [0.1, 0.15) is 22.9 Å². The molecule has 0 saturated heterocycles. The zero-order valence-corrected chi connectivity index (χ0v) is 13.1. The molecule has 0 unspecified atom stereocenters. The molecular weight excluding hydrogens is 286 g/mol. The molecule has 0 fully saturated rings. The van der Waals surface area contributed by atoms with Crippen molar-refractivity contribution in [2.24, 2.45) is 7.05 Å². The zero-order chi connectivity index (χ0) is 14.8. The molecule has 0 radical (unpaired) electrons. The molecule has 0 N–H and O–H groups in total. The van der Waals surface area contributed by atoms with Crippen molar-refractivity contribution in [3.8, 4) is 0 Å². The van der Waals surface area contributed by atoms with Crippen LogP contribution < -0.4 is 0 Å². The smallest absolute Gasteiger partial charge is 0.227 e. The van der Waals surface area contributed by atoms with Crippen LogP contribution in [0.15, 0.2) is 23.0 Å². The van der Waals surface area contributed by atoms with Crippen molar-refractivity contribution >= 4 is 17.2 Å². The van der Waals surface area contributed by atoms with Crippen molar-refractivity contribution < 1.29 is 9.53 Å². The second kappa shape index (κ2) is 5.99. The maximum atomic E-state index is 12.6. The first-order valence-electron chi connectivity index (χ1n) is 7.01. The lowest BCUT2D eigenvalue weighted by Crippen LogP contribution is -2.43. The summed E-state index contributed by atoms with van der Waals surface area (Å²) in [5.74, 6) is 0.155. The predicted molar refractivity (Wildman–Crippen MR) is 81.3 cm³/mol. The van der Waals surface area contributed by atoms with Crippen LogP contribution in [0.3, 0.4) is 0 Å². The fourth-order valence-corrected chi connectivity index (χ4v) is 3.62. The number of hydrogen-bond donors (Lipinski definition) is 0. The average molecular weight is 305 g/mol. The van der Waals surface area contributed by atoms with Gasteiger partial charge in [-0.1, -0.05) is 0 Å². The van der Waals surface area contributed by atoms with E-state index in [1.165, 1.54) is 5.56 Å². The zero-order valence-electron chi connectivity index (χ0n) is 12.3. The third-order valence-electron chi connectivity index (χ3n) is 3.96. The Hall–Kier alpha value is -1.66. The predicted octanol–water partition coefficient (Wildman–Crippen LogP) is 1.80. The highest BCUT2D eigenvalue weighted by atomic mass is 32.1. The molecular formula is C15H19N3O2S. The normalized spacial score (nSPS) is 17.8. The highest BCUT2D eigenvalue weighted by molar-refractivity contribution is 7.07. The number of aromatic nitrogens is 2. The summed E-state index contributed by atoms with van der Waals surface area (Å²) in [4.78, 5) is 14.6. The molecule has 21 heavy (non-hydrogen) atoms. The van der Waals surface area contributed by atoms with Gasteiger partial charge in [0.1, 0.15) is 0 Å². The summed E-state index contributed by atoms with van der Waals surface area (Å²) < 4.78 is 7.21. The van der Waals surface area contributed by atoms with Crippen molar-refractivity contribution in [2.75, 3.05) is 20.3 Å². The summed E-state index contributed by atoms with van der Waals surface area (Å²) in [6, 6.07) is 1.96. The van der Waals surface area contributed by atoms with Crippen LogP contribution in [-0.2, 0) is 29.4 Å². The number of ether oxygens (including phenoxy) is 1. The Bertz CT molecular complexity index is 621. The van der Waals surface area contributed by atoms with Gasteiger partial charge in [-0.15, -0.1) is 0 Å². The highest BCUT2D eigenvalue weighted by Gasteiger charge is 2.33. The molecule has 1 aliphatic rings. The van der Waals surface area contributed by atoms with E-state index in [1.807, 2.05) is 39.7 Å². The molecule has 3 heterocycles. The first-order chi connectivity index (χ1) is 10.2. The van der Waals surface area contributed by atoms with Gasteiger partial charge in [0.05, 0.1) is 31.0 Å². The van der Waals surface area contributed by atoms with Crippen LogP contribution in [0.2, 0.25) is 0 Å². The van der Waals surface area contributed by atoms with Gasteiger partial charge in [0, 0.05) is 20.7 Å². The minimum atomic E-state index is -0.0441. The van der Waals surface area contributed by atoms with Gasteiger partial charge in [-0.2, -0.15) is 16.4 Å². The Kier molecular flexibility index (Phi) is 4.07. The number of hydrogen-bond acceptors (Lipinski definition) is 4. The maximum Gasteiger partial charge on any atom is 0.227 e. The second-order valence-electron chi connectivity index (χ2n) is 5.30. The Morgan fingerprint density at radius 2 is 2.43 bits per heavy atom. The summed E-state index contributed by atoms with van der Waals surface area (Å²) in [5, 5.41) is 8.36. The first-order valence-corrected chi connectivity index (χ1v) is 7.95. The minimum Gasteiger partial charge on any atom is -0.382 e. The van der Waals surface area contributed by atoms with Gasteiger partial charge in [-0.05, 0) is 34.4 Å². The molecule has 5 nitrogen and oxygen atoms in total. The molecule has 0 spiro atoms. The van der Waals surface area contributed by atoms with Gasteiger partial charge >= 0.3 is 0 Å². The third kappa shape index (κ3) is 2.73. The number of carbonyl (C=O) groups is 1. The molecule has 1 amide bonds. The lowest BCUT2D eigenvalue weighted by molar-refractivity contribution is -0.134. The van der Waals surface area contributed by atoms with Gasteiger partial charge < -0.3 is 9.64 Å². The van der Waals surface area contributed by atoms with Crippen molar-refractivity contribution in [1.29, 1.82) is 0 Å². The van der Waals surface area contributed by atoms with Crippen LogP contribution in [0.5, 0.6) is 0 Å². The molecule has 2 aromatic rings. The van der Waals surface area contributed by atoms with E-state index < -0.39 is 0 Å². The standard InChI is InChI=1S/C15H19N3O2S/c1-17-15-12(8-16-17)3-5-18(13(15)9-20-2)14(19)7-11-4-6-21-10-11/h4,6,8,10,13H,3,5,7,9H2,1-2H3/t13-/m1/s1. The van der Waals surface area contributed by atoms with E-state index in [4.69, 9.17) is 4.74 Å². The summed E-state index contributed by atoms with van der Waals surface area (Å²) in [5.41, 5.74) is 3.40. The Labute approximate surface area is 128 Å². The van der Waals surface area contributed by atoms with Gasteiger partial charge in [0.25, 0.3) is 0 Å². The number of nitrogens with zero attached hydrogens (tertiary/aromatic N) is 3. The summed E-state index contributed by atoms with van der Waals surface area (Å²) in [7, 11) is 3.60.